The second kappa shape index (κ2) is 3.82. The summed E-state index contributed by atoms with van der Waals surface area (Å²) in [6.07, 6.45) is 0.932. The van der Waals surface area contributed by atoms with E-state index in [1.807, 2.05) is 34.9 Å². The molecule has 0 fully saturated rings. The molecule has 0 atom stereocenters. The van der Waals surface area contributed by atoms with Gasteiger partial charge >= 0.3 is 0 Å². The van der Waals surface area contributed by atoms with Gasteiger partial charge in [0.05, 0.1) is 5.69 Å². The molecule has 0 bridgehead atoms. The van der Waals surface area contributed by atoms with E-state index in [4.69, 9.17) is 0 Å². The van der Waals surface area contributed by atoms with Gasteiger partial charge in [0.25, 0.3) is 5.56 Å². The van der Waals surface area contributed by atoms with Gasteiger partial charge in [-0.15, -0.1) is 0 Å². The minimum atomic E-state index is 0.127. The fourth-order valence-electron chi connectivity index (χ4n) is 2.96. The zero-order valence-electron chi connectivity index (χ0n) is 10.5. The number of hydrogen-bond donors (Lipinski definition) is 0. The molecule has 2 heterocycles. The molecule has 0 saturated heterocycles. The van der Waals surface area contributed by atoms with Crippen LogP contribution in [-0.4, -0.2) is 4.57 Å². The van der Waals surface area contributed by atoms with E-state index < -0.39 is 0 Å². The topological polar surface area (TPSA) is 22.0 Å². The summed E-state index contributed by atoms with van der Waals surface area (Å²) in [4.78, 5) is 12.5. The largest absolute Gasteiger partial charge is 0.307 e. The molecule has 1 aliphatic rings. The molecule has 3 aromatic rings. The van der Waals surface area contributed by atoms with E-state index >= 15 is 0 Å². The molecule has 2 heteroatoms. The monoisotopic (exact) mass is 247 g/mol. The summed E-state index contributed by atoms with van der Waals surface area (Å²) in [6.45, 7) is 0.774. The second-order valence-electron chi connectivity index (χ2n) is 4.98. The van der Waals surface area contributed by atoms with E-state index in [9.17, 15) is 4.79 Å². The first-order valence-corrected chi connectivity index (χ1v) is 6.55. The summed E-state index contributed by atoms with van der Waals surface area (Å²) in [5.74, 6) is 0. The van der Waals surface area contributed by atoms with Crippen LogP contribution in [0.5, 0.6) is 0 Å². The van der Waals surface area contributed by atoms with Crippen molar-refractivity contribution >= 4 is 10.8 Å². The van der Waals surface area contributed by atoms with E-state index in [-0.39, 0.29) is 5.56 Å². The van der Waals surface area contributed by atoms with Gasteiger partial charge in [-0.05, 0) is 29.5 Å². The number of nitrogens with zero attached hydrogens (tertiary/aromatic N) is 1. The maximum Gasteiger partial charge on any atom is 0.258 e. The molecular weight excluding hydrogens is 234 g/mol. The highest BCUT2D eigenvalue weighted by molar-refractivity contribution is 5.86. The second-order valence-corrected chi connectivity index (χ2v) is 4.98. The Hall–Kier alpha value is -2.35. The Bertz CT molecular complexity index is 845. The molecule has 0 radical (unpaired) electrons. The first-order valence-electron chi connectivity index (χ1n) is 6.55. The molecule has 19 heavy (non-hydrogen) atoms. The SMILES string of the molecule is O=c1c2ccccc2cc2n1CCc1ccccc1-2. The van der Waals surface area contributed by atoms with Crippen molar-refractivity contribution in [2.45, 2.75) is 13.0 Å². The molecule has 0 amide bonds. The standard InChI is InChI=1S/C17H13NO/c19-17-15-8-4-2-6-13(15)11-16-14-7-3-1-5-12(14)9-10-18(16)17/h1-8,11H,9-10H2. The molecule has 0 saturated carbocycles. The zero-order chi connectivity index (χ0) is 12.8. The van der Waals surface area contributed by atoms with Crippen molar-refractivity contribution in [3.8, 4) is 11.3 Å². The van der Waals surface area contributed by atoms with Gasteiger partial charge in [0.15, 0.2) is 0 Å². The average Bonchev–Trinajstić information content (AvgIpc) is 2.47. The summed E-state index contributed by atoms with van der Waals surface area (Å²) >= 11 is 0. The van der Waals surface area contributed by atoms with Crippen LogP contribution in [0.25, 0.3) is 22.0 Å². The van der Waals surface area contributed by atoms with Crippen LogP contribution >= 0.6 is 0 Å². The highest BCUT2D eigenvalue weighted by Crippen LogP contribution is 2.29. The number of hydrogen-bond acceptors (Lipinski definition) is 1. The number of aromatic nitrogens is 1. The van der Waals surface area contributed by atoms with E-state index in [0.29, 0.717) is 0 Å². The molecular formula is C17H13NO. The third-order valence-electron chi connectivity index (χ3n) is 3.92. The van der Waals surface area contributed by atoms with Crippen molar-refractivity contribution < 1.29 is 0 Å². The smallest absolute Gasteiger partial charge is 0.258 e. The normalized spacial score (nSPS) is 13.1. The van der Waals surface area contributed by atoms with Crippen LogP contribution in [0.3, 0.4) is 0 Å². The van der Waals surface area contributed by atoms with Crippen molar-refractivity contribution in [2.75, 3.05) is 0 Å². The van der Waals surface area contributed by atoms with E-state index in [0.717, 1.165) is 29.4 Å². The fourth-order valence-corrected chi connectivity index (χ4v) is 2.96. The molecule has 0 aliphatic carbocycles. The summed E-state index contributed by atoms with van der Waals surface area (Å²) in [7, 11) is 0. The number of aryl methyl sites for hydroxylation is 1. The first kappa shape index (κ1) is 10.6. The maximum absolute atomic E-state index is 12.5. The third kappa shape index (κ3) is 1.46. The Morgan fingerprint density at radius 3 is 2.68 bits per heavy atom. The molecule has 1 aromatic heterocycles. The Balaban J connectivity index is 2.15. The molecule has 1 aliphatic heterocycles. The number of rotatable bonds is 0. The lowest BCUT2D eigenvalue weighted by Gasteiger charge is -2.22. The molecule has 92 valence electrons. The average molecular weight is 247 g/mol. The number of benzene rings is 2. The van der Waals surface area contributed by atoms with E-state index in [2.05, 4.69) is 24.3 Å². The Morgan fingerprint density at radius 2 is 1.74 bits per heavy atom. The fraction of sp³-hybridized carbons (Fsp3) is 0.118. The summed E-state index contributed by atoms with van der Waals surface area (Å²) < 4.78 is 1.91. The highest BCUT2D eigenvalue weighted by atomic mass is 16.1. The highest BCUT2D eigenvalue weighted by Gasteiger charge is 2.17. The van der Waals surface area contributed by atoms with Crippen molar-refractivity contribution in [2.24, 2.45) is 0 Å². The minimum Gasteiger partial charge on any atom is -0.307 e. The lowest BCUT2D eigenvalue weighted by Crippen LogP contribution is -2.26. The zero-order valence-corrected chi connectivity index (χ0v) is 10.5. The molecule has 4 rings (SSSR count). The van der Waals surface area contributed by atoms with Gasteiger partial charge in [-0.3, -0.25) is 4.79 Å². The van der Waals surface area contributed by atoms with Crippen LogP contribution < -0.4 is 5.56 Å². The van der Waals surface area contributed by atoms with Gasteiger partial charge in [0.1, 0.15) is 0 Å². The van der Waals surface area contributed by atoms with Gasteiger partial charge in [-0.25, -0.2) is 0 Å². The molecule has 0 N–H and O–H groups in total. The minimum absolute atomic E-state index is 0.127. The number of fused-ring (bicyclic) bond motifs is 4. The van der Waals surface area contributed by atoms with Gasteiger partial charge in [-0.1, -0.05) is 42.5 Å². The molecule has 2 nitrogen and oxygen atoms in total. The Morgan fingerprint density at radius 1 is 0.947 bits per heavy atom. The lowest BCUT2D eigenvalue weighted by molar-refractivity contribution is 0.664. The van der Waals surface area contributed by atoms with Crippen LogP contribution in [0.15, 0.2) is 59.4 Å². The summed E-state index contributed by atoms with van der Waals surface area (Å²) in [5.41, 5.74) is 3.70. The third-order valence-corrected chi connectivity index (χ3v) is 3.92. The van der Waals surface area contributed by atoms with Gasteiger partial charge in [0, 0.05) is 17.5 Å². The van der Waals surface area contributed by atoms with Crippen molar-refractivity contribution in [1.82, 2.24) is 4.57 Å². The first-order chi connectivity index (χ1) is 9.34. The van der Waals surface area contributed by atoms with Crippen LogP contribution in [0, 0.1) is 0 Å². The van der Waals surface area contributed by atoms with Gasteiger partial charge in [-0.2, -0.15) is 0 Å². The molecule has 0 unspecified atom stereocenters. The molecule has 2 aromatic carbocycles. The van der Waals surface area contributed by atoms with E-state index in [1.54, 1.807) is 0 Å². The predicted molar refractivity (Wildman–Crippen MR) is 77.3 cm³/mol. The van der Waals surface area contributed by atoms with Crippen LogP contribution in [0.1, 0.15) is 5.56 Å². The van der Waals surface area contributed by atoms with Crippen LogP contribution in [0.4, 0.5) is 0 Å². The Labute approximate surface area is 110 Å². The number of pyridine rings is 1. The summed E-state index contributed by atoms with van der Waals surface area (Å²) in [6, 6.07) is 18.3. The van der Waals surface area contributed by atoms with Crippen LogP contribution in [0.2, 0.25) is 0 Å². The van der Waals surface area contributed by atoms with Crippen LogP contribution in [-0.2, 0) is 13.0 Å². The maximum atomic E-state index is 12.5. The van der Waals surface area contributed by atoms with Crippen molar-refractivity contribution in [3.63, 3.8) is 0 Å². The Kier molecular flexibility index (Phi) is 2.12. The summed E-state index contributed by atoms with van der Waals surface area (Å²) in [5, 5.41) is 1.83. The quantitative estimate of drug-likeness (QED) is 0.598. The van der Waals surface area contributed by atoms with Crippen molar-refractivity contribution in [1.29, 1.82) is 0 Å². The van der Waals surface area contributed by atoms with Gasteiger partial charge in [0.2, 0.25) is 0 Å². The molecule has 0 spiro atoms. The predicted octanol–water partition coefficient (Wildman–Crippen LogP) is 3.22. The van der Waals surface area contributed by atoms with Crippen molar-refractivity contribution in [3.05, 3.63) is 70.5 Å². The lowest BCUT2D eigenvalue weighted by atomic mass is 9.96. The van der Waals surface area contributed by atoms with Gasteiger partial charge < -0.3 is 4.57 Å². The van der Waals surface area contributed by atoms with E-state index in [1.165, 1.54) is 11.1 Å².